The third-order valence-electron chi connectivity index (χ3n) is 10.8. The summed E-state index contributed by atoms with van der Waals surface area (Å²) < 4.78 is 46.1. The number of benzene rings is 2. The highest BCUT2D eigenvalue weighted by molar-refractivity contribution is 6.33. The molecule has 3 aromatic rings. The first-order valence-corrected chi connectivity index (χ1v) is 17.8. The van der Waals surface area contributed by atoms with Crippen LogP contribution in [0.15, 0.2) is 66.4 Å². The summed E-state index contributed by atoms with van der Waals surface area (Å²) in [5, 5.41) is 11.3. The Morgan fingerprint density at radius 3 is 2.30 bits per heavy atom. The second-order valence-corrected chi connectivity index (χ2v) is 15.6. The Balaban J connectivity index is 1.45. The molecule has 3 fully saturated rings. The van der Waals surface area contributed by atoms with Gasteiger partial charge < -0.3 is 9.84 Å². The fourth-order valence-electron chi connectivity index (χ4n) is 8.80. The van der Waals surface area contributed by atoms with Gasteiger partial charge in [-0.3, -0.25) is 29.5 Å². The van der Waals surface area contributed by atoms with E-state index in [9.17, 15) is 32.7 Å². The summed E-state index contributed by atoms with van der Waals surface area (Å²) in [6.07, 6.45) is -2.13. The third kappa shape index (κ3) is 5.65. The monoisotopic (exact) mass is 770 g/mol. The number of aromatic hydroxyl groups is 1. The van der Waals surface area contributed by atoms with Crippen molar-refractivity contribution in [3.8, 4) is 11.5 Å². The van der Waals surface area contributed by atoms with Crippen LogP contribution in [0.5, 0.6) is 11.5 Å². The number of anilines is 1. The molecular weight excluding hydrogens is 736 g/mol. The summed E-state index contributed by atoms with van der Waals surface area (Å²) >= 11 is 12.6. The van der Waals surface area contributed by atoms with Crippen LogP contribution in [0.2, 0.25) is 10.0 Å². The number of alkyl halides is 3. The van der Waals surface area contributed by atoms with Crippen LogP contribution in [0.4, 0.5) is 19.0 Å². The topological polar surface area (TPSA) is 129 Å². The van der Waals surface area contributed by atoms with Gasteiger partial charge >= 0.3 is 6.18 Å². The number of carbonyl (C=O) groups excluding carboxylic acids is 4. The van der Waals surface area contributed by atoms with Crippen LogP contribution in [-0.2, 0) is 30.8 Å². The molecule has 2 aliphatic heterocycles. The van der Waals surface area contributed by atoms with Crippen molar-refractivity contribution in [2.24, 2.45) is 23.7 Å². The Labute approximate surface area is 312 Å². The van der Waals surface area contributed by atoms with Crippen molar-refractivity contribution in [3.05, 3.63) is 93.1 Å². The minimum Gasteiger partial charge on any atom is -0.504 e. The lowest BCUT2D eigenvalue weighted by atomic mass is 9.49. The zero-order valence-corrected chi connectivity index (χ0v) is 30.5. The summed E-state index contributed by atoms with van der Waals surface area (Å²) in [4.78, 5) is 63.3. The average molecular weight is 772 g/mol. The lowest BCUT2D eigenvalue weighted by molar-refractivity contribution is -0.146. The fraction of sp³-hybridized carbons (Fsp3) is 0.395. The number of nitrogens with one attached hydrogen (secondary N) is 1. The predicted molar refractivity (Wildman–Crippen MR) is 188 cm³/mol. The molecule has 0 spiro atoms. The lowest BCUT2D eigenvalue weighted by Crippen LogP contribution is -2.53. The summed E-state index contributed by atoms with van der Waals surface area (Å²) in [5.41, 5.74) is 0.508. The quantitative estimate of drug-likeness (QED) is 0.198. The van der Waals surface area contributed by atoms with Gasteiger partial charge in [0.25, 0.3) is 11.8 Å². The number of halogens is 5. The van der Waals surface area contributed by atoms with Gasteiger partial charge in [0.15, 0.2) is 17.3 Å². The van der Waals surface area contributed by atoms with Crippen molar-refractivity contribution in [1.82, 2.24) is 14.9 Å². The standard InChI is InChI=1S/C38H35Cl2F3N4O6/c1-5-53-28-14-18(6-13-27(28)48)30-22-11-12-23-29(34(51)46(32(23)49)36(2,3)4)24(22)16-25-33(50)47(35(52)37(25,30)19-7-9-21(39)10-8-19)45-31-26(40)15-20(17-44-31)38(41,42)43/h6-11,13-15,17,23-25,29-30,48H,5,12,16H2,1-4H3,(H,44,45)/t23-,24+,25-,29-,30-,37+/m0/s1. The number of amides is 4. The molecule has 2 saturated heterocycles. The van der Waals surface area contributed by atoms with Gasteiger partial charge in [-0.1, -0.05) is 53.1 Å². The van der Waals surface area contributed by atoms with E-state index in [1.165, 1.54) is 11.0 Å². The summed E-state index contributed by atoms with van der Waals surface area (Å²) in [6.45, 7) is 7.27. The molecule has 3 heterocycles. The molecule has 2 N–H and O–H groups in total. The van der Waals surface area contributed by atoms with Gasteiger partial charge in [-0.25, -0.2) is 4.98 Å². The van der Waals surface area contributed by atoms with Crippen molar-refractivity contribution in [1.29, 1.82) is 0 Å². The molecule has 4 aliphatic rings. The number of imide groups is 2. The van der Waals surface area contributed by atoms with E-state index in [0.29, 0.717) is 34.0 Å². The Hall–Kier alpha value is -4.62. The van der Waals surface area contributed by atoms with E-state index < -0.39 is 69.1 Å². The first-order valence-electron chi connectivity index (χ1n) is 17.1. The van der Waals surface area contributed by atoms with E-state index in [1.54, 1.807) is 64.1 Å². The molecule has 1 aromatic heterocycles. The maximum Gasteiger partial charge on any atom is 0.417 e. The number of carbonyl (C=O) groups is 4. The highest BCUT2D eigenvalue weighted by Gasteiger charge is 2.70. The first-order chi connectivity index (χ1) is 24.9. The van der Waals surface area contributed by atoms with Gasteiger partial charge in [0.1, 0.15) is 0 Å². The van der Waals surface area contributed by atoms with Crippen LogP contribution in [-0.4, -0.2) is 55.8 Å². The van der Waals surface area contributed by atoms with Gasteiger partial charge in [0.05, 0.1) is 40.4 Å². The van der Waals surface area contributed by atoms with Crippen molar-refractivity contribution in [2.45, 2.75) is 63.6 Å². The molecule has 6 atom stereocenters. The zero-order chi connectivity index (χ0) is 38.4. The Morgan fingerprint density at radius 1 is 0.981 bits per heavy atom. The molecule has 15 heteroatoms. The van der Waals surface area contributed by atoms with Crippen LogP contribution >= 0.6 is 23.2 Å². The molecule has 4 amide bonds. The minimum atomic E-state index is -4.75. The summed E-state index contributed by atoms with van der Waals surface area (Å²) in [5.74, 6) is -6.86. The molecule has 53 heavy (non-hydrogen) atoms. The number of aromatic nitrogens is 1. The molecule has 0 unspecified atom stereocenters. The molecule has 7 rings (SSSR count). The number of phenolic OH excluding ortho intramolecular Hbond substituents is 1. The summed E-state index contributed by atoms with van der Waals surface area (Å²) in [7, 11) is 0. The number of ether oxygens (including phenoxy) is 1. The Kier molecular flexibility index (Phi) is 8.84. The average Bonchev–Trinajstić information content (AvgIpc) is 3.47. The highest BCUT2D eigenvalue weighted by atomic mass is 35.5. The van der Waals surface area contributed by atoms with Crippen LogP contribution in [0.25, 0.3) is 0 Å². The van der Waals surface area contributed by atoms with Gasteiger partial charge in [-0.2, -0.15) is 18.2 Å². The molecule has 1 saturated carbocycles. The lowest BCUT2D eigenvalue weighted by Gasteiger charge is -2.50. The molecule has 0 bridgehead atoms. The Morgan fingerprint density at radius 2 is 1.68 bits per heavy atom. The van der Waals surface area contributed by atoms with Crippen LogP contribution < -0.4 is 10.2 Å². The number of fused-ring (bicyclic) bond motifs is 4. The number of rotatable bonds is 6. The van der Waals surface area contributed by atoms with Gasteiger partial charge in [-0.15, -0.1) is 0 Å². The number of pyridine rings is 1. The molecule has 278 valence electrons. The van der Waals surface area contributed by atoms with E-state index in [1.807, 2.05) is 6.08 Å². The molecule has 10 nitrogen and oxygen atoms in total. The van der Waals surface area contributed by atoms with Crippen LogP contribution in [0.3, 0.4) is 0 Å². The molecule has 2 aliphatic carbocycles. The van der Waals surface area contributed by atoms with Crippen molar-refractivity contribution < 1.29 is 42.2 Å². The van der Waals surface area contributed by atoms with E-state index in [0.717, 1.165) is 5.01 Å². The fourth-order valence-corrected chi connectivity index (χ4v) is 9.13. The van der Waals surface area contributed by atoms with E-state index in [-0.39, 0.29) is 48.6 Å². The number of hydrazine groups is 1. The largest absolute Gasteiger partial charge is 0.504 e. The maximum atomic E-state index is 15.3. The van der Waals surface area contributed by atoms with Crippen LogP contribution in [0, 0.1) is 23.7 Å². The number of hydrogen-bond acceptors (Lipinski definition) is 8. The number of likely N-dealkylation sites (tertiary alicyclic amines) is 1. The van der Waals surface area contributed by atoms with Gasteiger partial charge in [0, 0.05) is 22.7 Å². The molecule has 0 radical (unpaired) electrons. The minimum absolute atomic E-state index is 0.0174. The highest BCUT2D eigenvalue weighted by Crippen LogP contribution is 2.64. The number of phenols is 1. The third-order valence-corrected chi connectivity index (χ3v) is 11.4. The zero-order valence-electron chi connectivity index (χ0n) is 29.0. The predicted octanol–water partition coefficient (Wildman–Crippen LogP) is 7.29. The second-order valence-electron chi connectivity index (χ2n) is 14.8. The maximum absolute atomic E-state index is 15.3. The van der Waals surface area contributed by atoms with E-state index >= 15 is 4.79 Å². The van der Waals surface area contributed by atoms with Crippen molar-refractivity contribution in [2.75, 3.05) is 12.0 Å². The Bertz CT molecular complexity index is 2080. The smallest absolute Gasteiger partial charge is 0.417 e. The van der Waals surface area contributed by atoms with E-state index in [2.05, 4.69) is 10.4 Å². The second kappa shape index (κ2) is 12.8. The number of hydrogen-bond donors (Lipinski definition) is 2. The van der Waals surface area contributed by atoms with Gasteiger partial charge in [0.2, 0.25) is 11.8 Å². The molecule has 2 aromatic carbocycles. The van der Waals surface area contributed by atoms with Crippen molar-refractivity contribution >= 4 is 52.6 Å². The molecular formula is C38H35Cl2F3N4O6. The van der Waals surface area contributed by atoms with E-state index in [4.69, 9.17) is 27.9 Å². The number of nitrogens with zero attached hydrogens (tertiary/aromatic N) is 3. The number of allylic oxidation sites excluding steroid dienone is 2. The van der Waals surface area contributed by atoms with Gasteiger partial charge in [-0.05, 0) is 87.9 Å². The first kappa shape index (κ1) is 36.7. The van der Waals surface area contributed by atoms with Crippen LogP contribution in [0.1, 0.15) is 63.1 Å². The van der Waals surface area contributed by atoms with Crippen molar-refractivity contribution in [3.63, 3.8) is 0 Å². The summed E-state index contributed by atoms with van der Waals surface area (Å²) in [6, 6.07) is 11.7. The normalized spacial score (nSPS) is 27.0. The SMILES string of the molecule is CCOc1cc([C@H]2C3=CC[C@@H]4C(=O)N(C(C)(C)C)C(=O)[C@@H]4[C@@H]3C[C@H]3C(=O)N(Nc4ncc(C(F)(F)F)cc4Cl)C(=O)[C@@]23c2ccc(Cl)cc2)ccc1O.